The maximum absolute atomic E-state index is 11.5. The standard InChI is InChI=1S/C11H14N4O2/c16-9-5-12-11(13-6-9)14-3-4-15-8(7-14)1-2-10(15)17/h5-6,8,16H,1-4,7H2. The fourth-order valence-corrected chi connectivity index (χ4v) is 2.52. The van der Waals surface area contributed by atoms with Crippen molar-refractivity contribution < 1.29 is 9.90 Å². The Hall–Kier alpha value is -1.85. The zero-order chi connectivity index (χ0) is 11.8. The van der Waals surface area contributed by atoms with E-state index in [1.54, 1.807) is 0 Å². The Bertz CT molecular complexity index is 434. The summed E-state index contributed by atoms with van der Waals surface area (Å²) in [7, 11) is 0. The molecular weight excluding hydrogens is 220 g/mol. The van der Waals surface area contributed by atoms with Crippen molar-refractivity contribution in [3.8, 4) is 5.75 Å². The van der Waals surface area contributed by atoms with Crippen LogP contribution in [0.15, 0.2) is 12.4 Å². The molecule has 2 aliphatic rings. The Morgan fingerprint density at radius 1 is 1.29 bits per heavy atom. The van der Waals surface area contributed by atoms with Crippen molar-refractivity contribution in [3.63, 3.8) is 0 Å². The molecule has 1 amide bonds. The summed E-state index contributed by atoms with van der Waals surface area (Å²) in [4.78, 5) is 23.8. The van der Waals surface area contributed by atoms with E-state index in [0.29, 0.717) is 18.4 Å². The van der Waals surface area contributed by atoms with E-state index >= 15 is 0 Å². The SMILES string of the molecule is O=C1CCC2CN(c3ncc(O)cn3)CCN12. The van der Waals surface area contributed by atoms with Crippen LogP contribution in [0.25, 0.3) is 0 Å². The van der Waals surface area contributed by atoms with Gasteiger partial charge in [-0.1, -0.05) is 0 Å². The third-order valence-electron chi connectivity index (χ3n) is 3.40. The van der Waals surface area contributed by atoms with Crippen molar-refractivity contribution in [1.29, 1.82) is 0 Å². The largest absolute Gasteiger partial charge is 0.505 e. The first-order chi connectivity index (χ1) is 8.24. The number of carbonyl (C=O) groups is 1. The molecule has 0 spiro atoms. The summed E-state index contributed by atoms with van der Waals surface area (Å²) >= 11 is 0. The molecule has 6 nitrogen and oxygen atoms in total. The van der Waals surface area contributed by atoms with Crippen molar-refractivity contribution in [2.45, 2.75) is 18.9 Å². The number of rotatable bonds is 1. The summed E-state index contributed by atoms with van der Waals surface area (Å²) in [5.41, 5.74) is 0. The highest BCUT2D eigenvalue weighted by Gasteiger charge is 2.36. The highest BCUT2D eigenvalue weighted by Crippen LogP contribution is 2.24. The molecule has 90 valence electrons. The summed E-state index contributed by atoms with van der Waals surface area (Å²) < 4.78 is 0. The molecule has 2 fully saturated rings. The van der Waals surface area contributed by atoms with E-state index in [1.807, 2.05) is 4.90 Å². The zero-order valence-corrected chi connectivity index (χ0v) is 9.41. The minimum Gasteiger partial charge on any atom is -0.505 e. The number of fused-ring (bicyclic) bond motifs is 1. The summed E-state index contributed by atoms with van der Waals surface area (Å²) in [6.07, 6.45) is 4.38. The van der Waals surface area contributed by atoms with E-state index < -0.39 is 0 Å². The number of carbonyl (C=O) groups excluding carboxylic acids is 1. The molecule has 1 N–H and O–H groups in total. The smallest absolute Gasteiger partial charge is 0.225 e. The molecule has 1 atom stereocenters. The number of hydrogen-bond acceptors (Lipinski definition) is 5. The molecule has 1 aromatic rings. The van der Waals surface area contributed by atoms with Crippen molar-refractivity contribution in [2.24, 2.45) is 0 Å². The third-order valence-corrected chi connectivity index (χ3v) is 3.40. The molecule has 3 heterocycles. The lowest BCUT2D eigenvalue weighted by Crippen LogP contribution is -2.51. The van der Waals surface area contributed by atoms with Gasteiger partial charge in [0.05, 0.1) is 12.4 Å². The molecule has 2 saturated heterocycles. The van der Waals surface area contributed by atoms with Gasteiger partial charge in [-0.3, -0.25) is 4.79 Å². The van der Waals surface area contributed by atoms with Crippen LogP contribution < -0.4 is 4.90 Å². The second-order valence-electron chi connectivity index (χ2n) is 4.47. The van der Waals surface area contributed by atoms with E-state index in [9.17, 15) is 4.79 Å². The molecule has 0 aliphatic carbocycles. The lowest BCUT2D eigenvalue weighted by atomic mass is 10.2. The number of nitrogens with zero attached hydrogens (tertiary/aromatic N) is 4. The highest BCUT2D eigenvalue weighted by atomic mass is 16.3. The monoisotopic (exact) mass is 234 g/mol. The van der Waals surface area contributed by atoms with Gasteiger partial charge in [0.1, 0.15) is 0 Å². The maximum Gasteiger partial charge on any atom is 0.225 e. The number of amides is 1. The number of aromatic nitrogens is 2. The molecule has 0 saturated carbocycles. The topological polar surface area (TPSA) is 69.6 Å². The predicted molar refractivity (Wildman–Crippen MR) is 60.6 cm³/mol. The van der Waals surface area contributed by atoms with Crippen LogP contribution in [0.3, 0.4) is 0 Å². The van der Waals surface area contributed by atoms with Crippen LogP contribution in [0.1, 0.15) is 12.8 Å². The van der Waals surface area contributed by atoms with Gasteiger partial charge in [0.15, 0.2) is 5.75 Å². The lowest BCUT2D eigenvalue weighted by molar-refractivity contribution is -0.129. The summed E-state index contributed by atoms with van der Waals surface area (Å²) in [6, 6.07) is 0.300. The average molecular weight is 234 g/mol. The highest BCUT2D eigenvalue weighted by molar-refractivity contribution is 5.79. The van der Waals surface area contributed by atoms with Crippen molar-refractivity contribution in [3.05, 3.63) is 12.4 Å². The molecule has 6 heteroatoms. The second-order valence-corrected chi connectivity index (χ2v) is 4.47. The zero-order valence-electron chi connectivity index (χ0n) is 9.41. The first-order valence-corrected chi connectivity index (χ1v) is 5.79. The number of anilines is 1. The number of aromatic hydroxyl groups is 1. The first kappa shape index (κ1) is 10.3. The predicted octanol–water partition coefficient (Wildman–Crippen LogP) is -0.00680. The average Bonchev–Trinajstić information content (AvgIpc) is 2.72. The molecule has 2 aliphatic heterocycles. The van der Waals surface area contributed by atoms with Crippen LogP contribution in [0.4, 0.5) is 5.95 Å². The van der Waals surface area contributed by atoms with E-state index in [1.165, 1.54) is 12.4 Å². The molecule has 0 bridgehead atoms. The maximum atomic E-state index is 11.5. The van der Waals surface area contributed by atoms with Gasteiger partial charge >= 0.3 is 0 Å². The van der Waals surface area contributed by atoms with Crippen molar-refractivity contribution in [2.75, 3.05) is 24.5 Å². The summed E-state index contributed by atoms with van der Waals surface area (Å²) in [5.74, 6) is 0.964. The first-order valence-electron chi connectivity index (χ1n) is 5.79. The minimum absolute atomic E-state index is 0.0726. The number of piperazine rings is 1. The van der Waals surface area contributed by atoms with Crippen LogP contribution in [0.5, 0.6) is 5.75 Å². The van der Waals surface area contributed by atoms with Gasteiger partial charge in [-0.25, -0.2) is 9.97 Å². The van der Waals surface area contributed by atoms with Gasteiger partial charge < -0.3 is 14.9 Å². The summed E-state index contributed by atoms with van der Waals surface area (Å²) in [6.45, 7) is 2.29. The normalized spacial score (nSPS) is 24.0. The molecule has 1 aromatic heterocycles. The molecule has 3 rings (SSSR count). The Morgan fingerprint density at radius 3 is 2.82 bits per heavy atom. The van der Waals surface area contributed by atoms with Crippen molar-refractivity contribution in [1.82, 2.24) is 14.9 Å². The Kier molecular flexibility index (Phi) is 2.35. The number of hydrogen-bond donors (Lipinski definition) is 1. The van der Waals surface area contributed by atoms with Gasteiger partial charge in [-0.05, 0) is 6.42 Å². The molecule has 0 aromatic carbocycles. The fraction of sp³-hybridized carbons (Fsp3) is 0.545. The Morgan fingerprint density at radius 2 is 2.06 bits per heavy atom. The quantitative estimate of drug-likeness (QED) is 0.740. The van der Waals surface area contributed by atoms with E-state index in [0.717, 1.165) is 26.1 Å². The van der Waals surface area contributed by atoms with E-state index in [-0.39, 0.29) is 11.7 Å². The van der Waals surface area contributed by atoms with Crippen LogP contribution >= 0.6 is 0 Å². The van der Waals surface area contributed by atoms with E-state index in [2.05, 4.69) is 14.9 Å². The van der Waals surface area contributed by atoms with Gasteiger partial charge in [-0.2, -0.15) is 0 Å². The minimum atomic E-state index is 0.0726. The van der Waals surface area contributed by atoms with Gasteiger partial charge in [-0.15, -0.1) is 0 Å². The van der Waals surface area contributed by atoms with Crippen LogP contribution in [-0.2, 0) is 4.79 Å². The Labute approximate surface area is 98.9 Å². The fourth-order valence-electron chi connectivity index (χ4n) is 2.52. The van der Waals surface area contributed by atoms with Gasteiger partial charge in [0.2, 0.25) is 11.9 Å². The second kappa shape index (κ2) is 3.87. The van der Waals surface area contributed by atoms with Gasteiger partial charge in [0, 0.05) is 32.1 Å². The molecule has 17 heavy (non-hydrogen) atoms. The molecular formula is C11H14N4O2. The third kappa shape index (κ3) is 1.79. The molecule has 0 radical (unpaired) electrons. The van der Waals surface area contributed by atoms with Crippen LogP contribution in [0, 0.1) is 0 Å². The van der Waals surface area contributed by atoms with E-state index in [4.69, 9.17) is 5.11 Å². The Balaban J connectivity index is 1.75. The lowest BCUT2D eigenvalue weighted by Gasteiger charge is -2.37. The summed E-state index contributed by atoms with van der Waals surface area (Å²) in [5, 5.41) is 9.14. The van der Waals surface area contributed by atoms with Crippen LogP contribution in [0.2, 0.25) is 0 Å². The molecule has 1 unspecified atom stereocenters. The van der Waals surface area contributed by atoms with Crippen molar-refractivity contribution >= 4 is 11.9 Å². The van der Waals surface area contributed by atoms with Gasteiger partial charge in [0.25, 0.3) is 0 Å². The van der Waals surface area contributed by atoms with Crippen LogP contribution in [-0.4, -0.2) is 51.6 Å².